The Kier molecular flexibility index (Phi) is 7.33. The predicted octanol–water partition coefficient (Wildman–Crippen LogP) is 2.76. The van der Waals surface area contributed by atoms with Crippen molar-refractivity contribution < 1.29 is 4.74 Å². The maximum atomic E-state index is 5.62. The molecule has 19 heavy (non-hydrogen) atoms. The van der Waals surface area contributed by atoms with Gasteiger partial charge in [-0.2, -0.15) is 0 Å². The maximum absolute atomic E-state index is 5.62. The van der Waals surface area contributed by atoms with Gasteiger partial charge in [-0.05, 0) is 38.8 Å². The highest BCUT2D eigenvalue weighted by Gasteiger charge is 2.36. The van der Waals surface area contributed by atoms with Crippen LogP contribution in [-0.2, 0) is 4.74 Å². The number of ether oxygens (including phenoxy) is 1. The monoisotopic (exact) mass is 270 g/mol. The van der Waals surface area contributed by atoms with Crippen LogP contribution in [0.3, 0.4) is 0 Å². The molecule has 1 N–H and O–H groups in total. The van der Waals surface area contributed by atoms with Crippen LogP contribution in [-0.4, -0.2) is 50.8 Å². The van der Waals surface area contributed by atoms with E-state index in [9.17, 15) is 0 Å². The van der Waals surface area contributed by atoms with Gasteiger partial charge in [0.25, 0.3) is 0 Å². The molecule has 1 rings (SSSR count). The third-order valence-electron chi connectivity index (χ3n) is 4.34. The first-order chi connectivity index (χ1) is 8.96. The SMILES string of the molecule is CC(C)COCCNCC1(N(C)C)CCCC(C)C1. The van der Waals surface area contributed by atoms with Gasteiger partial charge in [0.15, 0.2) is 0 Å². The Morgan fingerprint density at radius 2 is 2.11 bits per heavy atom. The summed E-state index contributed by atoms with van der Waals surface area (Å²) < 4.78 is 5.62. The highest BCUT2D eigenvalue weighted by molar-refractivity contribution is 4.94. The highest BCUT2D eigenvalue weighted by Crippen LogP contribution is 2.35. The largest absolute Gasteiger partial charge is 0.380 e. The molecule has 0 aromatic carbocycles. The molecule has 0 amide bonds. The van der Waals surface area contributed by atoms with Gasteiger partial charge >= 0.3 is 0 Å². The summed E-state index contributed by atoms with van der Waals surface area (Å²) in [5, 5.41) is 3.60. The summed E-state index contributed by atoms with van der Waals surface area (Å²) in [5.74, 6) is 1.49. The minimum atomic E-state index is 0.357. The van der Waals surface area contributed by atoms with E-state index in [0.29, 0.717) is 11.5 Å². The molecular formula is C16H34N2O. The van der Waals surface area contributed by atoms with Gasteiger partial charge in [-0.15, -0.1) is 0 Å². The van der Waals surface area contributed by atoms with Gasteiger partial charge < -0.3 is 15.0 Å². The summed E-state index contributed by atoms with van der Waals surface area (Å²) in [6.45, 7) is 10.5. The number of hydrogen-bond donors (Lipinski definition) is 1. The van der Waals surface area contributed by atoms with Crippen molar-refractivity contribution in [2.24, 2.45) is 11.8 Å². The van der Waals surface area contributed by atoms with E-state index in [4.69, 9.17) is 4.74 Å². The molecule has 0 saturated heterocycles. The first-order valence-corrected chi connectivity index (χ1v) is 7.92. The molecule has 0 aromatic rings. The molecule has 3 nitrogen and oxygen atoms in total. The molecule has 1 fully saturated rings. The van der Waals surface area contributed by atoms with E-state index in [0.717, 1.165) is 32.2 Å². The molecule has 0 aliphatic heterocycles. The predicted molar refractivity (Wildman–Crippen MR) is 82.6 cm³/mol. The molecule has 0 radical (unpaired) electrons. The fraction of sp³-hybridized carbons (Fsp3) is 1.00. The van der Waals surface area contributed by atoms with Crippen molar-refractivity contribution in [1.82, 2.24) is 10.2 Å². The summed E-state index contributed by atoms with van der Waals surface area (Å²) in [4.78, 5) is 2.44. The summed E-state index contributed by atoms with van der Waals surface area (Å²) in [6, 6.07) is 0. The Bertz CT molecular complexity index is 243. The lowest BCUT2D eigenvalue weighted by molar-refractivity contribution is 0.0686. The van der Waals surface area contributed by atoms with E-state index < -0.39 is 0 Å². The average molecular weight is 270 g/mol. The third kappa shape index (κ3) is 5.80. The zero-order chi connectivity index (χ0) is 14.3. The summed E-state index contributed by atoms with van der Waals surface area (Å²) in [5.41, 5.74) is 0.357. The molecule has 2 unspecified atom stereocenters. The zero-order valence-corrected chi connectivity index (χ0v) is 13.7. The van der Waals surface area contributed by atoms with Crippen LogP contribution < -0.4 is 5.32 Å². The summed E-state index contributed by atoms with van der Waals surface area (Å²) >= 11 is 0. The van der Waals surface area contributed by atoms with Gasteiger partial charge in [0.1, 0.15) is 0 Å². The van der Waals surface area contributed by atoms with Crippen LogP contribution in [0.4, 0.5) is 0 Å². The quantitative estimate of drug-likeness (QED) is 0.686. The molecule has 1 saturated carbocycles. The van der Waals surface area contributed by atoms with Crippen LogP contribution in [0.15, 0.2) is 0 Å². The van der Waals surface area contributed by atoms with Gasteiger partial charge in [0.2, 0.25) is 0 Å². The smallest absolute Gasteiger partial charge is 0.0591 e. The van der Waals surface area contributed by atoms with Gasteiger partial charge in [0, 0.05) is 25.2 Å². The Hall–Kier alpha value is -0.120. The summed E-state index contributed by atoms with van der Waals surface area (Å²) in [7, 11) is 4.46. The van der Waals surface area contributed by atoms with Gasteiger partial charge in [-0.25, -0.2) is 0 Å². The second-order valence-electron chi connectivity index (χ2n) is 6.97. The van der Waals surface area contributed by atoms with Crippen LogP contribution in [0.1, 0.15) is 46.5 Å². The van der Waals surface area contributed by atoms with E-state index in [1.165, 1.54) is 25.7 Å². The number of nitrogens with zero attached hydrogens (tertiary/aromatic N) is 1. The van der Waals surface area contributed by atoms with E-state index in [-0.39, 0.29) is 0 Å². The van der Waals surface area contributed by atoms with Crippen molar-refractivity contribution in [3.63, 3.8) is 0 Å². The van der Waals surface area contributed by atoms with Crippen molar-refractivity contribution in [1.29, 1.82) is 0 Å². The Morgan fingerprint density at radius 1 is 1.37 bits per heavy atom. The van der Waals surface area contributed by atoms with Gasteiger partial charge in [-0.1, -0.05) is 33.6 Å². The second kappa shape index (κ2) is 8.23. The molecule has 0 aromatic heterocycles. The van der Waals surface area contributed by atoms with Crippen molar-refractivity contribution in [3.8, 4) is 0 Å². The lowest BCUT2D eigenvalue weighted by atomic mass is 9.75. The van der Waals surface area contributed by atoms with E-state index in [2.05, 4.69) is 45.1 Å². The molecular weight excluding hydrogens is 236 g/mol. The number of likely N-dealkylation sites (N-methyl/N-ethyl adjacent to an activating group) is 1. The lowest BCUT2D eigenvalue weighted by Crippen LogP contribution is -2.54. The first-order valence-electron chi connectivity index (χ1n) is 7.92. The van der Waals surface area contributed by atoms with E-state index >= 15 is 0 Å². The van der Waals surface area contributed by atoms with Crippen molar-refractivity contribution in [2.75, 3.05) is 40.4 Å². The fourth-order valence-electron chi connectivity index (χ4n) is 3.14. The van der Waals surface area contributed by atoms with E-state index in [1.807, 2.05) is 0 Å². The van der Waals surface area contributed by atoms with Crippen LogP contribution in [0, 0.1) is 11.8 Å². The summed E-state index contributed by atoms with van der Waals surface area (Å²) in [6.07, 6.45) is 5.40. The van der Waals surface area contributed by atoms with Crippen LogP contribution in [0.5, 0.6) is 0 Å². The topological polar surface area (TPSA) is 24.5 Å². The van der Waals surface area contributed by atoms with Crippen LogP contribution >= 0.6 is 0 Å². The molecule has 0 heterocycles. The molecule has 3 heteroatoms. The number of nitrogens with one attached hydrogen (secondary N) is 1. The first kappa shape index (κ1) is 16.9. The Balaban J connectivity index is 2.26. The molecule has 2 atom stereocenters. The Labute approximate surface area is 120 Å². The molecule has 1 aliphatic carbocycles. The molecule has 114 valence electrons. The van der Waals surface area contributed by atoms with Crippen LogP contribution in [0.2, 0.25) is 0 Å². The van der Waals surface area contributed by atoms with Crippen molar-refractivity contribution in [3.05, 3.63) is 0 Å². The lowest BCUT2D eigenvalue weighted by Gasteiger charge is -2.45. The van der Waals surface area contributed by atoms with Crippen molar-refractivity contribution in [2.45, 2.75) is 52.0 Å². The second-order valence-corrected chi connectivity index (χ2v) is 6.97. The molecule has 1 aliphatic rings. The number of rotatable bonds is 8. The average Bonchev–Trinajstić information content (AvgIpc) is 2.33. The van der Waals surface area contributed by atoms with E-state index in [1.54, 1.807) is 0 Å². The normalized spacial score (nSPS) is 28.3. The molecule has 0 bridgehead atoms. The maximum Gasteiger partial charge on any atom is 0.0591 e. The standard InChI is InChI=1S/C16H34N2O/c1-14(2)12-19-10-9-17-13-16(18(4)5)8-6-7-15(3)11-16/h14-15,17H,6-13H2,1-5H3. The van der Waals surface area contributed by atoms with Crippen molar-refractivity contribution >= 4 is 0 Å². The Morgan fingerprint density at radius 3 is 2.68 bits per heavy atom. The minimum Gasteiger partial charge on any atom is -0.380 e. The number of hydrogen-bond acceptors (Lipinski definition) is 3. The minimum absolute atomic E-state index is 0.357. The van der Waals surface area contributed by atoms with Crippen LogP contribution in [0.25, 0.3) is 0 Å². The highest BCUT2D eigenvalue weighted by atomic mass is 16.5. The zero-order valence-electron chi connectivity index (χ0n) is 13.7. The van der Waals surface area contributed by atoms with Gasteiger partial charge in [-0.3, -0.25) is 0 Å². The third-order valence-corrected chi connectivity index (χ3v) is 4.34. The molecule has 0 spiro atoms. The fourth-order valence-corrected chi connectivity index (χ4v) is 3.14. The van der Waals surface area contributed by atoms with Gasteiger partial charge in [0.05, 0.1) is 6.61 Å².